The standard InChI is InChI=1S/C10H4Cl5N3O2.C10H16Cl3NOS/c11-4-1-2-6(5(12)3-4)18-9(10(13,14)15)16-7(17-18)8(19)20;1-6(2)14(7(3)4)10(15)16-5-8(11)9(12)13/h1-3H,(H,19,20);6-7H,5H2,1-4H3. The maximum absolute atomic E-state index is 11.9. The van der Waals surface area contributed by atoms with Gasteiger partial charge in [-0.25, -0.2) is 14.5 Å². The van der Waals surface area contributed by atoms with Gasteiger partial charge in [-0.2, -0.15) is 0 Å². The van der Waals surface area contributed by atoms with Crippen LogP contribution in [0.15, 0.2) is 27.7 Å². The predicted octanol–water partition coefficient (Wildman–Crippen LogP) is 8.94. The van der Waals surface area contributed by atoms with E-state index in [0.29, 0.717) is 15.8 Å². The van der Waals surface area contributed by atoms with Gasteiger partial charge in [0.05, 0.1) is 15.7 Å². The van der Waals surface area contributed by atoms with E-state index in [4.69, 9.17) is 97.9 Å². The number of hydrogen-bond acceptors (Lipinski definition) is 5. The first-order valence-corrected chi connectivity index (χ1v) is 13.9. The van der Waals surface area contributed by atoms with Gasteiger partial charge in [-0.15, -0.1) is 5.10 Å². The molecule has 2 aromatic rings. The molecule has 1 aromatic carbocycles. The molecule has 0 unspecified atom stereocenters. The second kappa shape index (κ2) is 14.8. The fourth-order valence-electron chi connectivity index (χ4n) is 2.68. The van der Waals surface area contributed by atoms with Gasteiger partial charge < -0.3 is 10.0 Å². The Morgan fingerprint density at radius 3 is 2.06 bits per heavy atom. The number of benzene rings is 1. The Balaban J connectivity index is 0.000000371. The molecule has 1 heterocycles. The first kappa shape index (κ1) is 33.7. The van der Waals surface area contributed by atoms with Gasteiger partial charge in [0, 0.05) is 22.9 Å². The van der Waals surface area contributed by atoms with Gasteiger partial charge in [0.1, 0.15) is 4.49 Å². The van der Waals surface area contributed by atoms with Gasteiger partial charge in [0.2, 0.25) is 3.79 Å². The lowest BCUT2D eigenvalue weighted by Gasteiger charge is -2.30. The number of carboxylic acid groups (broad SMARTS) is 1. The third-order valence-electron chi connectivity index (χ3n) is 4.04. The van der Waals surface area contributed by atoms with Gasteiger partial charge >= 0.3 is 5.97 Å². The van der Waals surface area contributed by atoms with Crippen LogP contribution in [0.1, 0.15) is 44.1 Å². The molecule has 0 fully saturated rings. The Bertz CT molecular complexity index is 1110. The third kappa shape index (κ3) is 10.1. The maximum atomic E-state index is 11.9. The Morgan fingerprint density at radius 2 is 1.64 bits per heavy atom. The van der Waals surface area contributed by atoms with E-state index in [1.807, 2.05) is 27.7 Å². The van der Waals surface area contributed by atoms with Gasteiger partial charge in [-0.1, -0.05) is 105 Å². The molecule has 2 rings (SSSR count). The van der Waals surface area contributed by atoms with Crippen molar-refractivity contribution in [3.63, 3.8) is 0 Å². The SMILES string of the molecule is CC(C)N(C(=O)SCC(Cl)=C(Cl)Cl)C(C)C.O=C(O)c1nc(C(Cl)(Cl)Cl)n(-c2ccc(Cl)cc2Cl)n1. The zero-order chi connectivity index (χ0) is 28.0. The van der Waals surface area contributed by atoms with E-state index < -0.39 is 15.6 Å². The van der Waals surface area contributed by atoms with E-state index >= 15 is 0 Å². The van der Waals surface area contributed by atoms with Crippen molar-refractivity contribution in [1.82, 2.24) is 19.7 Å². The Hall–Kier alpha value is -0.290. The van der Waals surface area contributed by atoms with E-state index in [1.54, 1.807) is 4.90 Å². The summed E-state index contributed by atoms with van der Waals surface area (Å²) < 4.78 is -0.902. The first-order valence-electron chi connectivity index (χ1n) is 9.85. The molecule has 0 bridgehead atoms. The van der Waals surface area contributed by atoms with E-state index in [1.165, 1.54) is 18.2 Å². The lowest BCUT2D eigenvalue weighted by Crippen LogP contribution is -2.39. The highest BCUT2D eigenvalue weighted by Gasteiger charge is 2.33. The average molecular weight is 680 g/mol. The molecular formula is C20H20Cl8N4O3S. The molecule has 0 spiro atoms. The highest BCUT2D eigenvalue weighted by Crippen LogP contribution is 2.39. The Morgan fingerprint density at radius 1 is 1.08 bits per heavy atom. The summed E-state index contributed by atoms with van der Waals surface area (Å²) in [5.74, 6) is -1.76. The number of amides is 1. The van der Waals surface area contributed by atoms with E-state index in [2.05, 4.69) is 10.1 Å². The number of carboxylic acids is 1. The van der Waals surface area contributed by atoms with Crippen LogP contribution in [-0.2, 0) is 3.79 Å². The van der Waals surface area contributed by atoms with Crippen molar-refractivity contribution in [2.45, 2.75) is 43.6 Å². The summed E-state index contributed by atoms with van der Waals surface area (Å²) in [6.45, 7) is 7.91. The molecule has 200 valence electrons. The number of rotatable bonds is 6. The monoisotopic (exact) mass is 676 g/mol. The topological polar surface area (TPSA) is 88.3 Å². The molecule has 0 aliphatic rings. The number of halogens is 8. The normalized spacial score (nSPS) is 11.3. The summed E-state index contributed by atoms with van der Waals surface area (Å²) in [5.41, 5.74) is 0.289. The highest BCUT2D eigenvalue weighted by molar-refractivity contribution is 8.13. The van der Waals surface area contributed by atoms with Crippen LogP contribution in [0.2, 0.25) is 10.0 Å². The van der Waals surface area contributed by atoms with Crippen LogP contribution in [0, 0.1) is 0 Å². The number of nitrogens with zero attached hydrogens (tertiary/aromatic N) is 4. The minimum Gasteiger partial charge on any atom is -0.475 e. The van der Waals surface area contributed by atoms with Gasteiger partial charge in [0.25, 0.3) is 11.1 Å². The van der Waals surface area contributed by atoms with E-state index in [9.17, 15) is 9.59 Å². The number of carbonyl (C=O) groups is 2. The summed E-state index contributed by atoms with van der Waals surface area (Å²) >= 11 is 46.9. The third-order valence-corrected chi connectivity index (χ3v) is 7.11. The Labute approximate surface area is 252 Å². The summed E-state index contributed by atoms with van der Waals surface area (Å²) in [5, 5.41) is 13.6. The maximum Gasteiger partial charge on any atom is 0.375 e. The summed E-state index contributed by atoms with van der Waals surface area (Å²) in [7, 11) is 0. The highest BCUT2D eigenvalue weighted by atomic mass is 35.6. The largest absolute Gasteiger partial charge is 0.475 e. The van der Waals surface area contributed by atoms with Crippen LogP contribution in [0.3, 0.4) is 0 Å². The average Bonchev–Trinajstić information content (AvgIpc) is 3.18. The minimum atomic E-state index is -1.97. The van der Waals surface area contributed by atoms with Crippen LogP contribution in [-0.4, -0.2) is 53.8 Å². The van der Waals surface area contributed by atoms with Crippen molar-refractivity contribution >= 4 is 116 Å². The van der Waals surface area contributed by atoms with Crippen molar-refractivity contribution < 1.29 is 14.7 Å². The number of hydrogen-bond donors (Lipinski definition) is 1. The molecule has 0 saturated heterocycles. The quantitative estimate of drug-likeness (QED) is 0.307. The van der Waals surface area contributed by atoms with E-state index in [0.717, 1.165) is 16.4 Å². The van der Waals surface area contributed by atoms with E-state index in [-0.39, 0.29) is 38.3 Å². The number of carbonyl (C=O) groups excluding carboxylic acids is 1. The molecule has 1 aromatic heterocycles. The molecule has 0 aliphatic heterocycles. The van der Waals surface area contributed by atoms with Crippen LogP contribution < -0.4 is 0 Å². The number of aromatic carboxylic acids is 1. The molecule has 1 amide bonds. The number of alkyl halides is 3. The minimum absolute atomic E-state index is 0.0160. The van der Waals surface area contributed by atoms with Crippen LogP contribution in [0.25, 0.3) is 5.69 Å². The number of aromatic nitrogens is 3. The van der Waals surface area contributed by atoms with Crippen molar-refractivity contribution in [2.24, 2.45) is 0 Å². The van der Waals surface area contributed by atoms with Crippen molar-refractivity contribution in [3.05, 3.63) is 49.4 Å². The molecule has 0 radical (unpaired) electrons. The summed E-state index contributed by atoms with van der Waals surface area (Å²) in [4.78, 5) is 28.3. The zero-order valence-electron chi connectivity index (χ0n) is 19.1. The fourth-order valence-corrected chi connectivity index (χ4v) is 4.96. The fraction of sp³-hybridized carbons (Fsp3) is 0.400. The molecule has 0 atom stereocenters. The number of thioether (sulfide) groups is 1. The molecule has 0 saturated carbocycles. The van der Waals surface area contributed by atoms with Crippen LogP contribution >= 0.6 is 105 Å². The van der Waals surface area contributed by atoms with Gasteiger partial charge in [-0.3, -0.25) is 4.79 Å². The molecular weight excluding hydrogens is 660 g/mol. The Kier molecular flexibility index (Phi) is 13.8. The lowest BCUT2D eigenvalue weighted by atomic mass is 10.2. The second-order valence-electron chi connectivity index (χ2n) is 7.38. The van der Waals surface area contributed by atoms with Crippen molar-refractivity contribution in [3.8, 4) is 5.69 Å². The first-order chi connectivity index (χ1) is 16.5. The summed E-state index contributed by atoms with van der Waals surface area (Å²) in [6, 6.07) is 4.81. The van der Waals surface area contributed by atoms with Crippen molar-refractivity contribution in [2.75, 3.05) is 5.75 Å². The van der Waals surface area contributed by atoms with Crippen molar-refractivity contribution in [1.29, 1.82) is 0 Å². The predicted molar refractivity (Wildman–Crippen MR) is 152 cm³/mol. The molecule has 36 heavy (non-hydrogen) atoms. The lowest BCUT2D eigenvalue weighted by molar-refractivity contribution is 0.0683. The molecule has 0 aliphatic carbocycles. The van der Waals surface area contributed by atoms with Crippen LogP contribution in [0.4, 0.5) is 4.79 Å². The summed E-state index contributed by atoms with van der Waals surface area (Å²) in [6.07, 6.45) is 0. The smallest absolute Gasteiger partial charge is 0.375 e. The second-order valence-corrected chi connectivity index (χ2v) is 12.8. The van der Waals surface area contributed by atoms with Gasteiger partial charge in [-0.05, 0) is 45.9 Å². The molecule has 16 heteroatoms. The zero-order valence-corrected chi connectivity index (χ0v) is 25.9. The molecule has 7 nitrogen and oxygen atoms in total. The van der Waals surface area contributed by atoms with Gasteiger partial charge in [0.15, 0.2) is 5.82 Å². The van der Waals surface area contributed by atoms with Crippen LogP contribution in [0.5, 0.6) is 0 Å². The molecule has 1 N–H and O–H groups in total.